The average Bonchev–Trinajstić information content (AvgIpc) is 2.74. The standard InChI is InChI=1S/C11H14N4O2/c12-10(14-17)9-3-1-2-8(6-9)7-15-5-4-13-11(15)16/h1-3,6,17H,4-5,7H2,(H2,12,14)(H,13,16). The summed E-state index contributed by atoms with van der Waals surface area (Å²) in [7, 11) is 0. The van der Waals surface area contributed by atoms with Crippen molar-refractivity contribution in [3.8, 4) is 0 Å². The van der Waals surface area contributed by atoms with Crippen molar-refractivity contribution < 1.29 is 10.0 Å². The highest BCUT2D eigenvalue weighted by Crippen LogP contribution is 2.10. The van der Waals surface area contributed by atoms with E-state index in [-0.39, 0.29) is 11.9 Å². The Morgan fingerprint density at radius 1 is 1.59 bits per heavy atom. The van der Waals surface area contributed by atoms with E-state index in [0.29, 0.717) is 25.2 Å². The lowest BCUT2D eigenvalue weighted by Crippen LogP contribution is -2.27. The van der Waals surface area contributed by atoms with Gasteiger partial charge in [0.15, 0.2) is 5.84 Å². The van der Waals surface area contributed by atoms with Gasteiger partial charge in [-0.05, 0) is 11.6 Å². The molecule has 1 heterocycles. The number of carbonyl (C=O) groups is 1. The Bertz CT molecular complexity index is 459. The Morgan fingerprint density at radius 2 is 2.41 bits per heavy atom. The first-order chi connectivity index (χ1) is 8.20. The molecular formula is C11H14N4O2. The number of hydrogen-bond donors (Lipinski definition) is 3. The summed E-state index contributed by atoms with van der Waals surface area (Å²) >= 11 is 0. The third-order valence-electron chi connectivity index (χ3n) is 2.65. The quantitative estimate of drug-likeness (QED) is 0.304. The maximum absolute atomic E-state index is 11.4. The van der Waals surface area contributed by atoms with E-state index >= 15 is 0 Å². The maximum atomic E-state index is 11.4. The molecule has 6 nitrogen and oxygen atoms in total. The molecule has 0 bridgehead atoms. The third-order valence-corrected chi connectivity index (χ3v) is 2.65. The van der Waals surface area contributed by atoms with Crippen molar-refractivity contribution >= 4 is 11.9 Å². The average molecular weight is 234 g/mol. The molecule has 0 aliphatic carbocycles. The Balaban J connectivity index is 2.14. The lowest BCUT2D eigenvalue weighted by Gasteiger charge is -2.14. The third kappa shape index (κ3) is 2.47. The molecule has 1 aliphatic rings. The predicted octanol–water partition coefficient (Wildman–Crippen LogP) is 0.306. The fraction of sp³-hybridized carbons (Fsp3) is 0.273. The van der Waals surface area contributed by atoms with Gasteiger partial charge in [-0.1, -0.05) is 23.4 Å². The van der Waals surface area contributed by atoms with Gasteiger partial charge in [-0.2, -0.15) is 0 Å². The molecule has 1 saturated heterocycles. The number of hydrogen-bond acceptors (Lipinski definition) is 3. The number of rotatable bonds is 3. The van der Waals surface area contributed by atoms with Crippen molar-refractivity contribution in [3.05, 3.63) is 35.4 Å². The summed E-state index contributed by atoms with van der Waals surface area (Å²) < 4.78 is 0. The van der Waals surface area contributed by atoms with Gasteiger partial charge in [0.05, 0.1) is 0 Å². The van der Waals surface area contributed by atoms with Crippen molar-refractivity contribution in [2.24, 2.45) is 10.9 Å². The van der Waals surface area contributed by atoms with Crippen LogP contribution in [0.1, 0.15) is 11.1 Å². The maximum Gasteiger partial charge on any atom is 0.317 e. The van der Waals surface area contributed by atoms with Crippen LogP contribution in [0.2, 0.25) is 0 Å². The minimum atomic E-state index is -0.0563. The molecule has 0 radical (unpaired) electrons. The summed E-state index contributed by atoms with van der Waals surface area (Å²) in [5.41, 5.74) is 7.10. The van der Waals surface area contributed by atoms with Gasteiger partial charge in [-0.3, -0.25) is 0 Å². The lowest BCUT2D eigenvalue weighted by molar-refractivity contribution is 0.215. The van der Waals surface area contributed by atoms with Crippen LogP contribution >= 0.6 is 0 Å². The molecule has 1 aliphatic heterocycles. The molecule has 1 aromatic rings. The number of carbonyl (C=O) groups excluding carboxylic acids is 1. The molecule has 4 N–H and O–H groups in total. The minimum absolute atomic E-state index is 0.0563. The van der Waals surface area contributed by atoms with Gasteiger partial charge in [-0.15, -0.1) is 0 Å². The van der Waals surface area contributed by atoms with E-state index in [2.05, 4.69) is 10.5 Å². The summed E-state index contributed by atoms with van der Waals surface area (Å²) in [4.78, 5) is 13.1. The van der Waals surface area contributed by atoms with E-state index in [1.54, 1.807) is 17.0 Å². The number of nitrogens with one attached hydrogen (secondary N) is 1. The van der Waals surface area contributed by atoms with Crippen LogP contribution in [0, 0.1) is 0 Å². The minimum Gasteiger partial charge on any atom is -0.409 e. The molecule has 6 heteroatoms. The summed E-state index contributed by atoms with van der Waals surface area (Å²) in [6.07, 6.45) is 0. The van der Waals surface area contributed by atoms with Crippen LogP contribution in [0.15, 0.2) is 29.4 Å². The van der Waals surface area contributed by atoms with E-state index in [9.17, 15) is 4.79 Å². The normalized spacial score (nSPS) is 16.1. The summed E-state index contributed by atoms with van der Waals surface area (Å²) in [5.74, 6) is 0.0673. The smallest absolute Gasteiger partial charge is 0.317 e. The Morgan fingerprint density at radius 3 is 3.06 bits per heavy atom. The molecular weight excluding hydrogens is 220 g/mol. The Labute approximate surface area is 98.7 Å². The second kappa shape index (κ2) is 4.73. The van der Waals surface area contributed by atoms with Crippen molar-refractivity contribution in [2.75, 3.05) is 13.1 Å². The van der Waals surface area contributed by atoms with Crippen LogP contribution in [-0.4, -0.2) is 35.1 Å². The first-order valence-electron chi connectivity index (χ1n) is 5.30. The molecule has 0 saturated carbocycles. The van der Waals surface area contributed by atoms with Crippen molar-refractivity contribution in [3.63, 3.8) is 0 Å². The molecule has 0 unspecified atom stereocenters. The van der Waals surface area contributed by atoms with Crippen molar-refractivity contribution in [1.82, 2.24) is 10.2 Å². The van der Waals surface area contributed by atoms with Gasteiger partial charge in [-0.25, -0.2) is 4.79 Å². The molecule has 0 aromatic heterocycles. The van der Waals surface area contributed by atoms with Crippen LogP contribution in [-0.2, 0) is 6.54 Å². The molecule has 1 aromatic carbocycles. The largest absolute Gasteiger partial charge is 0.409 e. The number of benzene rings is 1. The number of oxime groups is 1. The number of amidine groups is 1. The Hall–Kier alpha value is -2.24. The van der Waals surface area contributed by atoms with Crippen LogP contribution in [0.4, 0.5) is 4.79 Å². The van der Waals surface area contributed by atoms with E-state index in [1.165, 1.54) is 0 Å². The number of amides is 2. The van der Waals surface area contributed by atoms with Gasteiger partial charge in [0.2, 0.25) is 0 Å². The zero-order chi connectivity index (χ0) is 12.3. The van der Waals surface area contributed by atoms with Gasteiger partial charge in [0.25, 0.3) is 0 Å². The molecule has 1 fully saturated rings. The molecule has 2 rings (SSSR count). The second-order valence-electron chi connectivity index (χ2n) is 3.84. The zero-order valence-electron chi connectivity index (χ0n) is 9.26. The van der Waals surface area contributed by atoms with Gasteiger partial charge in [0, 0.05) is 25.2 Å². The topological polar surface area (TPSA) is 90.9 Å². The fourth-order valence-corrected chi connectivity index (χ4v) is 1.77. The van der Waals surface area contributed by atoms with Crippen LogP contribution < -0.4 is 11.1 Å². The van der Waals surface area contributed by atoms with E-state index in [1.807, 2.05) is 12.1 Å². The summed E-state index contributed by atoms with van der Waals surface area (Å²) in [5, 5.41) is 14.3. The van der Waals surface area contributed by atoms with Crippen LogP contribution in [0.25, 0.3) is 0 Å². The highest BCUT2D eigenvalue weighted by molar-refractivity contribution is 5.97. The molecule has 2 amide bonds. The van der Waals surface area contributed by atoms with Gasteiger partial charge >= 0.3 is 6.03 Å². The second-order valence-corrected chi connectivity index (χ2v) is 3.84. The first-order valence-corrected chi connectivity index (χ1v) is 5.30. The van der Waals surface area contributed by atoms with Crippen LogP contribution in [0.3, 0.4) is 0 Å². The summed E-state index contributed by atoms with van der Waals surface area (Å²) in [6, 6.07) is 7.22. The molecule has 0 atom stereocenters. The van der Waals surface area contributed by atoms with E-state index in [0.717, 1.165) is 5.56 Å². The molecule has 90 valence electrons. The van der Waals surface area contributed by atoms with Gasteiger partial charge in [0.1, 0.15) is 0 Å². The highest BCUT2D eigenvalue weighted by atomic mass is 16.4. The fourth-order valence-electron chi connectivity index (χ4n) is 1.77. The Kier molecular flexibility index (Phi) is 3.13. The zero-order valence-corrected chi connectivity index (χ0v) is 9.26. The lowest BCUT2D eigenvalue weighted by atomic mass is 10.1. The number of nitrogens with two attached hydrogens (primary N) is 1. The van der Waals surface area contributed by atoms with E-state index in [4.69, 9.17) is 10.9 Å². The van der Waals surface area contributed by atoms with Crippen molar-refractivity contribution in [2.45, 2.75) is 6.54 Å². The first kappa shape index (κ1) is 11.3. The number of nitrogens with zero attached hydrogens (tertiary/aromatic N) is 2. The predicted molar refractivity (Wildman–Crippen MR) is 62.8 cm³/mol. The number of urea groups is 1. The van der Waals surface area contributed by atoms with Crippen molar-refractivity contribution in [1.29, 1.82) is 0 Å². The van der Waals surface area contributed by atoms with E-state index < -0.39 is 0 Å². The molecule has 17 heavy (non-hydrogen) atoms. The van der Waals surface area contributed by atoms with Crippen LogP contribution in [0.5, 0.6) is 0 Å². The molecule has 0 spiro atoms. The van der Waals surface area contributed by atoms with Gasteiger partial charge < -0.3 is 21.2 Å². The monoisotopic (exact) mass is 234 g/mol. The highest BCUT2D eigenvalue weighted by Gasteiger charge is 2.19. The SMILES string of the molecule is NC(=NO)c1cccc(CN2CCNC2=O)c1. The summed E-state index contributed by atoms with van der Waals surface area (Å²) in [6.45, 7) is 1.91.